The number of carbonyl (C=O) groups is 1. The van der Waals surface area contributed by atoms with Crippen LogP contribution in [0.4, 0.5) is 11.4 Å². The average Bonchev–Trinajstić information content (AvgIpc) is 2.49. The van der Waals surface area contributed by atoms with Crippen LogP contribution < -0.4 is 5.32 Å². The molecular formula is C15H14IN3O3S. The van der Waals surface area contributed by atoms with Gasteiger partial charge in [-0.15, -0.1) is 0 Å². The van der Waals surface area contributed by atoms with E-state index < -0.39 is 4.92 Å². The third kappa shape index (κ3) is 4.90. The van der Waals surface area contributed by atoms with E-state index in [4.69, 9.17) is 0 Å². The van der Waals surface area contributed by atoms with E-state index in [1.54, 1.807) is 0 Å². The number of hydrogen-bond acceptors (Lipinski definition) is 5. The van der Waals surface area contributed by atoms with Crippen molar-refractivity contribution in [3.63, 3.8) is 0 Å². The summed E-state index contributed by atoms with van der Waals surface area (Å²) in [5, 5.41) is 14.0. The summed E-state index contributed by atoms with van der Waals surface area (Å²) in [6.07, 6.45) is 1.19. The molecule has 0 bridgehead atoms. The Balaban J connectivity index is 1.96. The quantitative estimate of drug-likeness (QED) is 0.328. The van der Waals surface area contributed by atoms with Gasteiger partial charge in [-0.1, -0.05) is 11.8 Å². The van der Waals surface area contributed by atoms with E-state index in [0.29, 0.717) is 5.03 Å². The summed E-state index contributed by atoms with van der Waals surface area (Å²) in [5.74, 6) is 0.0536. The van der Waals surface area contributed by atoms with Crippen molar-refractivity contribution in [3.8, 4) is 0 Å². The molecule has 0 fully saturated rings. The second kappa shape index (κ2) is 7.73. The Morgan fingerprint density at radius 2 is 2.00 bits per heavy atom. The fourth-order valence-electron chi connectivity index (χ4n) is 1.99. The molecule has 23 heavy (non-hydrogen) atoms. The zero-order valence-electron chi connectivity index (χ0n) is 12.5. The zero-order valence-corrected chi connectivity index (χ0v) is 15.5. The lowest BCUT2D eigenvalue weighted by Crippen LogP contribution is -2.16. The van der Waals surface area contributed by atoms with Crippen LogP contribution in [0.3, 0.4) is 0 Å². The molecule has 0 radical (unpaired) electrons. The summed E-state index contributed by atoms with van der Waals surface area (Å²) in [4.78, 5) is 26.1. The summed E-state index contributed by atoms with van der Waals surface area (Å²) in [6, 6.07) is 6.93. The number of amides is 1. The highest BCUT2D eigenvalue weighted by Gasteiger charge is 2.10. The molecule has 0 saturated heterocycles. The lowest BCUT2D eigenvalue weighted by atomic mass is 10.1. The molecule has 8 heteroatoms. The van der Waals surface area contributed by atoms with Gasteiger partial charge in [0, 0.05) is 15.3 Å². The summed E-state index contributed by atoms with van der Waals surface area (Å²) in [7, 11) is 0. The fourth-order valence-corrected chi connectivity index (χ4v) is 3.57. The van der Waals surface area contributed by atoms with Gasteiger partial charge in [-0.2, -0.15) is 0 Å². The van der Waals surface area contributed by atoms with Crippen LogP contribution in [0.25, 0.3) is 0 Å². The molecule has 1 N–H and O–H groups in total. The third-order valence-corrected chi connectivity index (χ3v) is 4.61. The van der Waals surface area contributed by atoms with Crippen molar-refractivity contribution < 1.29 is 9.72 Å². The zero-order chi connectivity index (χ0) is 17.0. The van der Waals surface area contributed by atoms with Crippen LogP contribution in [0.2, 0.25) is 0 Å². The number of thioether (sulfide) groups is 1. The standard InChI is InChI=1S/C15H14IN3O3S/c1-9-5-11(16)6-10(2)15(9)18-13(20)8-23-14-4-3-12(7-17-14)19(21)22/h3-7H,8H2,1-2H3,(H,18,20). The normalized spacial score (nSPS) is 10.4. The van der Waals surface area contributed by atoms with Crippen molar-refractivity contribution in [3.05, 3.63) is 55.3 Å². The Labute approximate surface area is 151 Å². The number of hydrogen-bond donors (Lipinski definition) is 1. The molecule has 0 spiro atoms. The van der Waals surface area contributed by atoms with Gasteiger partial charge in [0.25, 0.3) is 5.69 Å². The number of pyridine rings is 1. The van der Waals surface area contributed by atoms with Crippen molar-refractivity contribution in [1.29, 1.82) is 0 Å². The summed E-state index contributed by atoms with van der Waals surface area (Å²) in [5.41, 5.74) is 2.79. The maximum atomic E-state index is 12.1. The van der Waals surface area contributed by atoms with Crippen molar-refractivity contribution >= 4 is 51.6 Å². The summed E-state index contributed by atoms with van der Waals surface area (Å²) < 4.78 is 1.13. The van der Waals surface area contributed by atoms with Gasteiger partial charge in [-0.25, -0.2) is 4.98 Å². The first-order chi connectivity index (χ1) is 10.9. The van der Waals surface area contributed by atoms with Crippen LogP contribution in [0.1, 0.15) is 11.1 Å². The van der Waals surface area contributed by atoms with E-state index in [0.717, 1.165) is 20.4 Å². The minimum absolute atomic E-state index is 0.0658. The topological polar surface area (TPSA) is 85.1 Å². The second-order valence-electron chi connectivity index (χ2n) is 4.86. The van der Waals surface area contributed by atoms with Crippen LogP contribution in [0, 0.1) is 27.5 Å². The number of anilines is 1. The first-order valence-electron chi connectivity index (χ1n) is 6.66. The van der Waals surface area contributed by atoms with Crippen LogP contribution in [0.15, 0.2) is 35.5 Å². The van der Waals surface area contributed by atoms with Crippen molar-refractivity contribution in [2.75, 3.05) is 11.1 Å². The molecule has 0 aliphatic heterocycles. The molecule has 0 aliphatic carbocycles. The van der Waals surface area contributed by atoms with Gasteiger partial charge in [0.05, 0.1) is 15.7 Å². The number of nitrogens with one attached hydrogen (secondary N) is 1. The van der Waals surface area contributed by atoms with E-state index in [2.05, 4.69) is 32.9 Å². The minimum atomic E-state index is -0.503. The molecule has 0 unspecified atom stereocenters. The molecule has 1 aromatic heterocycles. The predicted octanol–water partition coefficient (Wildman–Crippen LogP) is 3.94. The molecule has 1 aromatic carbocycles. The van der Waals surface area contributed by atoms with E-state index in [-0.39, 0.29) is 17.3 Å². The smallest absolute Gasteiger partial charge is 0.287 e. The van der Waals surface area contributed by atoms with Gasteiger partial charge in [0.1, 0.15) is 6.20 Å². The highest BCUT2D eigenvalue weighted by Crippen LogP contribution is 2.24. The SMILES string of the molecule is Cc1cc(I)cc(C)c1NC(=O)CSc1ccc([N+](=O)[O-])cn1. The number of benzene rings is 1. The van der Waals surface area contributed by atoms with Gasteiger partial charge in [-0.3, -0.25) is 14.9 Å². The van der Waals surface area contributed by atoms with Crippen molar-refractivity contribution in [2.24, 2.45) is 0 Å². The first kappa shape index (κ1) is 17.7. The fraction of sp³-hybridized carbons (Fsp3) is 0.200. The van der Waals surface area contributed by atoms with Gasteiger partial charge >= 0.3 is 0 Å². The molecule has 0 aliphatic rings. The molecule has 120 valence electrons. The minimum Gasteiger partial charge on any atom is -0.325 e. The van der Waals surface area contributed by atoms with Gasteiger partial charge in [0.2, 0.25) is 5.91 Å². The van der Waals surface area contributed by atoms with E-state index in [1.807, 2.05) is 26.0 Å². The molecule has 1 heterocycles. The molecule has 2 rings (SSSR count). The number of nitrogens with zero attached hydrogens (tertiary/aromatic N) is 2. The number of aryl methyl sites for hydroxylation is 2. The Hall–Kier alpha value is -1.68. The maximum absolute atomic E-state index is 12.1. The number of aromatic nitrogens is 1. The summed E-state index contributed by atoms with van der Waals surface area (Å²) in [6.45, 7) is 3.91. The van der Waals surface area contributed by atoms with Gasteiger partial charge in [0.15, 0.2) is 0 Å². The van der Waals surface area contributed by atoms with Crippen LogP contribution >= 0.6 is 34.4 Å². The van der Waals surface area contributed by atoms with E-state index in [1.165, 1.54) is 30.1 Å². The summed E-state index contributed by atoms with van der Waals surface area (Å²) >= 11 is 3.48. The van der Waals surface area contributed by atoms with Crippen LogP contribution in [0.5, 0.6) is 0 Å². The largest absolute Gasteiger partial charge is 0.325 e. The monoisotopic (exact) mass is 443 g/mol. The Morgan fingerprint density at radius 1 is 1.35 bits per heavy atom. The second-order valence-corrected chi connectivity index (χ2v) is 7.10. The first-order valence-corrected chi connectivity index (χ1v) is 8.73. The predicted molar refractivity (Wildman–Crippen MR) is 98.9 cm³/mol. The molecular weight excluding hydrogens is 429 g/mol. The average molecular weight is 443 g/mol. The lowest BCUT2D eigenvalue weighted by Gasteiger charge is -2.12. The number of nitro groups is 1. The molecule has 0 atom stereocenters. The van der Waals surface area contributed by atoms with E-state index in [9.17, 15) is 14.9 Å². The number of halogens is 1. The van der Waals surface area contributed by atoms with E-state index >= 15 is 0 Å². The number of rotatable bonds is 5. The maximum Gasteiger partial charge on any atom is 0.287 e. The van der Waals surface area contributed by atoms with Crippen LogP contribution in [-0.4, -0.2) is 21.6 Å². The highest BCUT2D eigenvalue weighted by molar-refractivity contribution is 14.1. The van der Waals surface area contributed by atoms with Gasteiger partial charge < -0.3 is 5.32 Å². The molecule has 0 saturated carbocycles. The van der Waals surface area contributed by atoms with Gasteiger partial charge in [-0.05, 0) is 65.8 Å². The Bertz CT molecular complexity index is 727. The molecule has 2 aromatic rings. The third-order valence-electron chi connectivity index (χ3n) is 3.04. The van der Waals surface area contributed by atoms with Crippen LogP contribution in [-0.2, 0) is 4.79 Å². The number of carbonyl (C=O) groups excluding carboxylic acids is 1. The molecule has 1 amide bonds. The Morgan fingerprint density at radius 3 is 2.52 bits per heavy atom. The van der Waals surface area contributed by atoms with Crippen molar-refractivity contribution in [2.45, 2.75) is 18.9 Å². The molecule has 6 nitrogen and oxygen atoms in total. The highest BCUT2D eigenvalue weighted by atomic mass is 127. The lowest BCUT2D eigenvalue weighted by molar-refractivity contribution is -0.385. The van der Waals surface area contributed by atoms with Crippen molar-refractivity contribution in [1.82, 2.24) is 4.98 Å². The Kier molecular flexibility index (Phi) is 5.94.